The van der Waals surface area contributed by atoms with Crippen molar-refractivity contribution >= 4 is 11.8 Å². The van der Waals surface area contributed by atoms with Gasteiger partial charge in [0.2, 0.25) is 0 Å². The van der Waals surface area contributed by atoms with E-state index in [1.54, 1.807) is 6.08 Å². The fourth-order valence-corrected chi connectivity index (χ4v) is 1.61. The third-order valence-electron chi connectivity index (χ3n) is 2.73. The molecule has 0 N–H and O–H groups in total. The fraction of sp³-hybridized carbons (Fsp3) is 0.333. The first-order valence-electron chi connectivity index (χ1n) is 6.04. The van der Waals surface area contributed by atoms with Crippen molar-refractivity contribution in [3.05, 3.63) is 35.4 Å². The Morgan fingerprint density at radius 2 is 1.83 bits per heavy atom. The first kappa shape index (κ1) is 13.8. The number of hydrogen-bond donors (Lipinski definition) is 0. The standard InChI is InChI=1S/C15H17N3/c1-3-4-9-18(2)15-7-5-13(6-8-15)10-14(11-16)12-17/h5-8,10H,3-4,9H2,1-2H3. The van der Waals surface area contributed by atoms with Gasteiger partial charge in [-0.25, -0.2) is 0 Å². The minimum Gasteiger partial charge on any atom is -0.375 e. The van der Waals surface area contributed by atoms with Crippen molar-refractivity contribution in [2.24, 2.45) is 0 Å². The smallest absolute Gasteiger partial charge is 0.130 e. The zero-order chi connectivity index (χ0) is 13.4. The Morgan fingerprint density at radius 3 is 2.33 bits per heavy atom. The number of unbranched alkanes of at least 4 members (excludes halogenated alkanes) is 1. The van der Waals surface area contributed by atoms with Gasteiger partial charge in [-0.2, -0.15) is 10.5 Å². The first-order valence-corrected chi connectivity index (χ1v) is 6.04. The molecule has 1 aromatic rings. The van der Waals surface area contributed by atoms with Crippen molar-refractivity contribution in [1.82, 2.24) is 0 Å². The lowest BCUT2D eigenvalue weighted by molar-refractivity contribution is 0.767. The molecule has 18 heavy (non-hydrogen) atoms. The summed E-state index contributed by atoms with van der Waals surface area (Å²) in [5.41, 5.74) is 2.15. The van der Waals surface area contributed by atoms with Gasteiger partial charge in [0, 0.05) is 19.3 Å². The molecule has 0 heterocycles. The van der Waals surface area contributed by atoms with Gasteiger partial charge in [0.15, 0.2) is 0 Å². The Labute approximate surface area is 109 Å². The second-order valence-electron chi connectivity index (χ2n) is 4.15. The molecule has 0 amide bonds. The highest BCUT2D eigenvalue weighted by Crippen LogP contribution is 2.16. The summed E-state index contributed by atoms with van der Waals surface area (Å²) in [6.45, 7) is 3.21. The lowest BCUT2D eigenvalue weighted by Crippen LogP contribution is -2.17. The van der Waals surface area contributed by atoms with Gasteiger partial charge in [0.05, 0.1) is 0 Å². The lowest BCUT2D eigenvalue weighted by Gasteiger charge is -2.18. The van der Waals surface area contributed by atoms with Crippen LogP contribution in [0.25, 0.3) is 6.08 Å². The van der Waals surface area contributed by atoms with E-state index < -0.39 is 0 Å². The number of anilines is 1. The van der Waals surface area contributed by atoms with Crippen molar-refractivity contribution in [2.45, 2.75) is 19.8 Å². The van der Waals surface area contributed by atoms with E-state index in [4.69, 9.17) is 10.5 Å². The summed E-state index contributed by atoms with van der Waals surface area (Å²) >= 11 is 0. The molecule has 1 rings (SSSR count). The molecule has 1 aromatic carbocycles. The number of allylic oxidation sites excluding steroid dienone is 1. The Morgan fingerprint density at radius 1 is 1.22 bits per heavy atom. The van der Waals surface area contributed by atoms with Crippen LogP contribution in [0, 0.1) is 22.7 Å². The van der Waals surface area contributed by atoms with Crippen molar-refractivity contribution in [2.75, 3.05) is 18.5 Å². The quantitative estimate of drug-likeness (QED) is 0.740. The lowest BCUT2D eigenvalue weighted by atomic mass is 10.1. The van der Waals surface area contributed by atoms with Crippen LogP contribution in [-0.2, 0) is 0 Å². The highest BCUT2D eigenvalue weighted by molar-refractivity contribution is 5.63. The number of benzene rings is 1. The average molecular weight is 239 g/mol. The van der Waals surface area contributed by atoms with E-state index in [1.165, 1.54) is 12.8 Å². The third-order valence-corrected chi connectivity index (χ3v) is 2.73. The van der Waals surface area contributed by atoms with Crippen LogP contribution >= 0.6 is 0 Å². The minimum absolute atomic E-state index is 0.127. The van der Waals surface area contributed by atoms with Crippen LogP contribution in [0.3, 0.4) is 0 Å². The summed E-state index contributed by atoms with van der Waals surface area (Å²) in [4.78, 5) is 2.20. The molecule has 0 fully saturated rings. The molecule has 0 saturated carbocycles. The molecule has 0 saturated heterocycles. The molecule has 0 aliphatic carbocycles. The van der Waals surface area contributed by atoms with Gasteiger partial charge in [-0.15, -0.1) is 0 Å². The van der Waals surface area contributed by atoms with Gasteiger partial charge in [-0.3, -0.25) is 0 Å². The first-order chi connectivity index (χ1) is 8.71. The molecule has 0 bridgehead atoms. The summed E-state index contributed by atoms with van der Waals surface area (Å²) in [6.07, 6.45) is 3.94. The van der Waals surface area contributed by atoms with E-state index in [-0.39, 0.29) is 5.57 Å². The van der Waals surface area contributed by atoms with Gasteiger partial charge < -0.3 is 4.90 Å². The SMILES string of the molecule is CCCCN(C)c1ccc(C=C(C#N)C#N)cc1. The van der Waals surface area contributed by atoms with Crippen LogP contribution in [0.1, 0.15) is 25.3 Å². The van der Waals surface area contributed by atoms with Crippen LogP contribution in [0.2, 0.25) is 0 Å². The Kier molecular flexibility index (Phi) is 5.48. The summed E-state index contributed by atoms with van der Waals surface area (Å²) < 4.78 is 0. The van der Waals surface area contributed by atoms with Gasteiger partial charge in [-0.1, -0.05) is 25.5 Å². The number of nitriles is 2. The van der Waals surface area contributed by atoms with E-state index >= 15 is 0 Å². The van der Waals surface area contributed by atoms with Crippen molar-refractivity contribution in [1.29, 1.82) is 10.5 Å². The molecule has 0 atom stereocenters. The second kappa shape index (κ2) is 7.14. The normalized spacial score (nSPS) is 9.11. The minimum atomic E-state index is 0.127. The van der Waals surface area contributed by atoms with Gasteiger partial charge in [-0.05, 0) is 30.2 Å². The number of rotatable bonds is 5. The molecule has 0 unspecified atom stereocenters. The maximum atomic E-state index is 8.68. The molecule has 3 nitrogen and oxygen atoms in total. The Bertz CT molecular complexity index is 470. The van der Waals surface area contributed by atoms with Crippen molar-refractivity contribution < 1.29 is 0 Å². The topological polar surface area (TPSA) is 50.8 Å². The number of nitrogens with zero attached hydrogens (tertiary/aromatic N) is 3. The third kappa shape index (κ3) is 3.96. The van der Waals surface area contributed by atoms with Gasteiger partial charge in [0.25, 0.3) is 0 Å². The van der Waals surface area contributed by atoms with E-state index in [1.807, 2.05) is 36.4 Å². The van der Waals surface area contributed by atoms with E-state index in [2.05, 4.69) is 18.9 Å². The molecule has 0 aromatic heterocycles. The van der Waals surface area contributed by atoms with Crippen molar-refractivity contribution in [3.8, 4) is 12.1 Å². The van der Waals surface area contributed by atoms with E-state index in [0.29, 0.717) is 0 Å². The summed E-state index contributed by atoms with van der Waals surface area (Å²) in [5.74, 6) is 0. The molecule has 0 aliphatic heterocycles. The van der Waals surface area contributed by atoms with Crippen LogP contribution in [0.15, 0.2) is 29.8 Å². The molecular weight excluding hydrogens is 222 g/mol. The van der Waals surface area contributed by atoms with Crippen LogP contribution in [0.4, 0.5) is 5.69 Å². The van der Waals surface area contributed by atoms with Crippen LogP contribution < -0.4 is 4.90 Å². The van der Waals surface area contributed by atoms with E-state index in [9.17, 15) is 0 Å². The molecular formula is C15H17N3. The zero-order valence-corrected chi connectivity index (χ0v) is 10.8. The predicted octanol–water partition coefficient (Wildman–Crippen LogP) is 3.35. The molecule has 3 heteroatoms. The van der Waals surface area contributed by atoms with Crippen LogP contribution in [-0.4, -0.2) is 13.6 Å². The summed E-state index contributed by atoms with van der Waals surface area (Å²) in [6, 6.07) is 11.6. The largest absolute Gasteiger partial charge is 0.375 e. The number of hydrogen-bond acceptors (Lipinski definition) is 3. The maximum absolute atomic E-state index is 8.68. The highest BCUT2D eigenvalue weighted by Gasteiger charge is 2.00. The molecule has 0 radical (unpaired) electrons. The molecule has 0 spiro atoms. The zero-order valence-electron chi connectivity index (χ0n) is 10.8. The second-order valence-corrected chi connectivity index (χ2v) is 4.15. The average Bonchev–Trinajstić information content (AvgIpc) is 2.42. The fourth-order valence-electron chi connectivity index (χ4n) is 1.61. The highest BCUT2D eigenvalue weighted by atomic mass is 15.1. The monoisotopic (exact) mass is 239 g/mol. The van der Waals surface area contributed by atoms with Crippen molar-refractivity contribution in [3.63, 3.8) is 0 Å². The van der Waals surface area contributed by atoms with E-state index in [0.717, 1.165) is 17.8 Å². The molecule has 92 valence electrons. The predicted molar refractivity (Wildman–Crippen MR) is 73.8 cm³/mol. The Balaban J connectivity index is 2.78. The van der Waals surface area contributed by atoms with Gasteiger partial charge in [0.1, 0.15) is 17.7 Å². The summed E-state index contributed by atoms with van der Waals surface area (Å²) in [5, 5.41) is 17.4. The van der Waals surface area contributed by atoms with Crippen LogP contribution in [0.5, 0.6) is 0 Å². The molecule has 0 aliphatic rings. The van der Waals surface area contributed by atoms with Gasteiger partial charge >= 0.3 is 0 Å². The Hall–Kier alpha value is -2.26. The maximum Gasteiger partial charge on any atom is 0.130 e. The summed E-state index contributed by atoms with van der Waals surface area (Å²) in [7, 11) is 2.07.